The molecule has 0 spiro atoms. The molecule has 1 N–H and O–H groups in total. The number of anilines is 1. The van der Waals surface area contributed by atoms with Gasteiger partial charge in [0.15, 0.2) is 11.5 Å². The van der Waals surface area contributed by atoms with Crippen molar-refractivity contribution in [1.29, 1.82) is 0 Å². The van der Waals surface area contributed by atoms with Crippen molar-refractivity contribution in [3.8, 4) is 11.5 Å². The van der Waals surface area contributed by atoms with Gasteiger partial charge in [-0.1, -0.05) is 24.3 Å². The summed E-state index contributed by atoms with van der Waals surface area (Å²) in [7, 11) is 0. The highest BCUT2D eigenvalue weighted by molar-refractivity contribution is 6.20. The Morgan fingerprint density at radius 2 is 1.93 bits per heavy atom. The lowest BCUT2D eigenvalue weighted by Gasteiger charge is -2.39. The monoisotopic (exact) mass is 406 g/mol. The highest BCUT2D eigenvalue weighted by Crippen LogP contribution is 2.31. The zero-order valence-corrected chi connectivity index (χ0v) is 16.4. The molecule has 3 aliphatic rings. The van der Waals surface area contributed by atoms with Gasteiger partial charge in [-0.25, -0.2) is 4.79 Å². The van der Waals surface area contributed by atoms with E-state index in [-0.39, 0.29) is 24.6 Å². The van der Waals surface area contributed by atoms with E-state index in [4.69, 9.17) is 9.47 Å². The van der Waals surface area contributed by atoms with Gasteiger partial charge in [0.2, 0.25) is 5.91 Å². The Bertz CT molecular complexity index is 1020. The molecule has 3 amide bonds. The number of amides is 3. The average Bonchev–Trinajstić information content (AvgIpc) is 2.80. The fraction of sp³-hybridized carbons (Fsp3) is 0.318. The predicted molar refractivity (Wildman–Crippen MR) is 111 cm³/mol. The van der Waals surface area contributed by atoms with Gasteiger partial charge < -0.3 is 14.8 Å². The van der Waals surface area contributed by atoms with Gasteiger partial charge in [-0.15, -0.1) is 0 Å². The van der Waals surface area contributed by atoms with E-state index in [1.807, 2.05) is 48.5 Å². The van der Waals surface area contributed by atoms with Gasteiger partial charge in [0.1, 0.15) is 25.1 Å². The van der Waals surface area contributed by atoms with Crippen molar-refractivity contribution < 1.29 is 19.1 Å². The van der Waals surface area contributed by atoms with E-state index >= 15 is 0 Å². The van der Waals surface area contributed by atoms with E-state index in [9.17, 15) is 9.59 Å². The molecule has 1 atom stereocenters. The molecule has 0 bridgehead atoms. The summed E-state index contributed by atoms with van der Waals surface area (Å²) in [5.74, 6) is 1.82. The third-order valence-electron chi connectivity index (χ3n) is 5.35. The molecule has 154 valence electrons. The number of urea groups is 1. The molecule has 0 aromatic heterocycles. The first-order chi connectivity index (χ1) is 14.7. The maximum Gasteiger partial charge on any atom is 0.330 e. The van der Waals surface area contributed by atoms with Crippen LogP contribution in [0.4, 0.5) is 10.5 Å². The average molecular weight is 406 g/mol. The van der Waals surface area contributed by atoms with Crippen molar-refractivity contribution in [3.63, 3.8) is 0 Å². The van der Waals surface area contributed by atoms with Crippen molar-refractivity contribution in [2.24, 2.45) is 4.99 Å². The smallest absolute Gasteiger partial charge is 0.330 e. The summed E-state index contributed by atoms with van der Waals surface area (Å²) in [5.41, 5.74) is 1.59. The van der Waals surface area contributed by atoms with E-state index in [1.54, 1.807) is 4.90 Å². The minimum absolute atomic E-state index is 0.0657. The van der Waals surface area contributed by atoms with Crippen LogP contribution < -0.4 is 19.7 Å². The van der Waals surface area contributed by atoms with Crippen LogP contribution in [-0.4, -0.2) is 61.6 Å². The molecule has 30 heavy (non-hydrogen) atoms. The minimum atomic E-state index is -0.283. The molecule has 8 heteroatoms. The standard InChI is InChI=1S/C22H22N4O4/c27-20(24-12-15-14-29-18-8-3-4-9-19(18)30-15)13-26-17-7-2-1-6-16(17)21-23-10-5-11-25(21)22(26)28/h1-4,6-9,15H,5,10-14H2,(H,24,27). The molecular weight excluding hydrogens is 384 g/mol. The Balaban J connectivity index is 1.26. The van der Waals surface area contributed by atoms with Crippen LogP contribution in [0, 0.1) is 0 Å². The lowest BCUT2D eigenvalue weighted by molar-refractivity contribution is -0.120. The summed E-state index contributed by atoms with van der Waals surface area (Å²) >= 11 is 0. The second-order valence-electron chi connectivity index (χ2n) is 7.40. The molecule has 0 saturated carbocycles. The first-order valence-electron chi connectivity index (χ1n) is 10.1. The molecule has 5 rings (SSSR count). The summed E-state index contributed by atoms with van der Waals surface area (Å²) in [6.45, 7) is 1.91. The molecule has 3 aliphatic heterocycles. The molecule has 0 aliphatic carbocycles. The van der Waals surface area contributed by atoms with E-state index < -0.39 is 0 Å². The Morgan fingerprint density at radius 3 is 2.83 bits per heavy atom. The number of para-hydroxylation sites is 3. The summed E-state index contributed by atoms with van der Waals surface area (Å²) in [4.78, 5) is 33.4. The van der Waals surface area contributed by atoms with E-state index in [0.29, 0.717) is 49.3 Å². The van der Waals surface area contributed by atoms with Gasteiger partial charge in [-0.3, -0.25) is 19.6 Å². The first-order valence-corrected chi connectivity index (χ1v) is 10.1. The minimum Gasteiger partial charge on any atom is -0.486 e. The number of ether oxygens (including phenoxy) is 2. The largest absolute Gasteiger partial charge is 0.486 e. The topological polar surface area (TPSA) is 83.5 Å². The summed E-state index contributed by atoms with van der Waals surface area (Å²) in [6.07, 6.45) is 0.534. The number of rotatable bonds is 4. The van der Waals surface area contributed by atoms with E-state index in [2.05, 4.69) is 10.3 Å². The van der Waals surface area contributed by atoms with Crippen molar-refractivity contribution >= 4 is 23.5 Å². The van der Waals surface area contributed by atoms with Crippen LogP contribution in [0.5, 0.6) is 11.5 Å². The number of hydrogen-bond donors (Lipinski definition) is 1. The Kier molecular flexibility index (Phi) is 4.74. The Hall–Kier alpha value is -3.55. The zero-order chi connectivity index (χ0) is 20.5. The molecule has 2 aromatic rings. The van der Waals surface area contributed by atoms with Crippen LogP contribution in [0.25, 0.3) is 0 Å². The lowest BCUT2D eigenvalue weighted by Crippen LogP contribution is -2.55. The zero-order valence-electron chi connectivity index (χ0n) is 16.4. The Morgan fingerprint density at radius 1 is 1.13 bits per heavy atom. The summed E-state index contributed by atoms with van der Waals surface area (Å²) < 4.78 is 11.6. The number of carbonyl (C=O) groups excluding carboxylic acids is 2. The van der Waals surface area contributed by atoms with Crippen LogP contribution in [0.15, 0.2) is 53.5 Å². The molecular formula is C22H22N4O4. The molecule has 0 radical (unpaired) electrons. The maximum absolute atomic E-state index is 13.0. The first kappa shape index (κ1) is 18.5. The fourth-order valence-electron chi connectivity index (χ4n) is 3.91. The maximum atomic E-state index is 13.0. The molecule has 0 saturated heterocycles. The number of aliphatic imine (C=N–C) groups is 1. The summed E-state index contributed by atoms with van der Waals surface area (Å²) in [6, 6.07) is 14.8. The normalized spacial score (nSPS) is 19.5. The van der Waals surface area contributed by atoms with Crippen LogP contribution >= 0.6 is 0 Å². The number of amidine groups is 1. The van der Waals surface area contributed by atoms with E-state index in [0.717, 1.165) is 12.0 Å². The molecule has 8 nitrogen and oxygen atoms in total. The molecule has 1 unspecified atom stereocenters. The number of carbonyl (C=O) groups is 2. The highest BCUT2D eigenvalue weighted by Gasteiger charge is 2.36. The quantitative estimate of drug-likeness (QED) is 0.842. The van der Waals surface area contributed by atoms with Crippen LogP contribution in [-0.2, 0) is 4.79 Å². The van der Waals surface area contributed by atoms with Crippen molar-refractivity contribution in [2.45, 2.75) is 12.5 Å². The third kappa shape index (κ3) is 3.34. The van der Waals surface area contributed by atoms with E-state index in [1.165, 1.54) is 4.90 Å². The van der Waals surface area contributed by atoms with Crippen LogP contribution in [0.2, 0.25) is 0 Å². The molecule has 3 heterocycles. The van der Waals surface area contributed by atoms with Gasteiger partial charge >= 0.3 is 6.03 Å². The second-order valence-corrected chi connectivity index (χ2v) is 7.40. The molecule has 2 aromatic carbocycles. The van der Waals surface area contributed by atoms with Gasteiger partial charge in [0.05, 0.1) is 12.2 Å². The SMILES string of the molecule is O=C(CN1C(=O)N2CCCN=C2c2ccccc21)NCC1COc2ccccc2O1. The second kappa shape index (κ2) is 7.70. The van der Waals surface area contributed by atoms with Crippen molar-refractivity contribution in [1.82, 2.24) is 10.2 Å². The van der Waals surface area contributed by atoms with Crippen LogP contribution in [0.1, 0.15) is 12.0 Å². The van der Waals surface area contributed by atoms with Crippen LogP contribution in [0.3, 0.4) is 0 Å². The van der Waals surface area contributed by atoms with Gasteiger partial charge in [-0.2, -0.15) is 0 Å². The highest BCUT2D eigenvalue weighted by atomic mass is 16.6. The van der Waals surface area contributed by atoms with Crippen molar-refractivity contribution in [2.75, 3.05) is 37.7 Å². The third-order valence-corrected chi connectivity index (χ3v) is 5.35. The van der Waals surface area contributed by atoms with Gasteiger partial charge in [0.25, 0.3) is 0 Å². The number of benzene rings is 2. The number of fused-ring (bicyclic) bond motifs is 4. The Labute approximate surface area is 174 Å². The molecule has 0 fully saturated rings. The van der Waals surface area contributed by atoms with Gasteiger partial charge in [0, 0.05) is 18.7 Å². The summed E-state index contributed by atoms with van der Waals surface area (Å²) in [5, 5.41) is 2.87. The lowest BCUT2D eigenvalue weighted by atomic mass is 10.1. The van der Waals surface area contributed by atoms with Crippen molar-refractivity contribution in [3.05, 3.63) is 54.1 Å². The van der Waals surface area contributed by atoms with Gasteiger partial charge in [-0.05, 0) is 30.7 Å². The predicted octanol–water partition coefficient (Wildman–Crippen LogP) is 2.04. The number of hydrogen-bond acceptors (Lipinski definition) is 5. The number of nitrogens with one attached hydrogen (secondary N) is 1. The fourth-order valence-corrected chi connectivity index (χ4v) is 3.91. The number of nitrogens with zero attached hydrogens (tertiary/aromatic N) is 3.